The highest BCUT2D eigenvalue weighted by molar-refractivity contribution is 7.53. The molecule has 4 aromatic carbocycles. The molecule has 4 aliphatic rings. The minimum atomic E-state index is -3.58. The molecule has 4 aromatic rings. The summed E-state index contributed by atoms with van der Waals surface area (Å²) in [5.74, 6) is 5.18. The van der Waals surface area contributed by atoms with Gasteiger partial charge in [0.15, 0.2) is 0 Å². The highest BCUT2D eigenvalue weighted by Crippen LogP contribution is 2.56. The third-order valence-corrected chi connectivity index (χ3v) is 18.0. The molecule has 0 spiro atoms. The van der Waals surface area contributed by atoms with Crippen LogP contribution in [-0.4, -0.2) is 66.0 Å². The Morgan fingerprint density at radius 3 is 1.31 bits per heavy atom. The molecule has 67 heavy (non-hydrogen) atoms. The molecular formula is C53H70F2O10P2. The molecule has 8 rings (SSSR count). The molecule has 3 unspecified atom stereocenters. The topological polar surface area (TPSA) is 119 Å². The predicted molar refractivity (Wildman–Crippen MR) is 258 cm³/mol. The van der Waals surface area contributed by atoms with Gasteiger partial charge in [-0.25, -0.2) is 8.78 Å². The van der Waals surface area contributed by atoms with E-state index in [1.54, 1.807) is 26.4 Å². The lowest BCUT2D eigenvalue weighted by atomic mass is 9.79. The van der Waals surface area contributed by atoms with Crippen molar-refractivity contribution in [1.82, 2.24) is 0 Å². The van der Waals surface area contributed by atoms with Crippen molar-refractivity contribution in [3.05, 3.63) is 119 Å². The summed E-state index contributed by atoms with van der Waals surface area (Å²) in [6.07, 6.45) is 12.7. The Hall–Kier alpha value is -3.76. The van der Waals surface area contributed by atoms with Crippen LogP contribution in [0.4, 0.5) is 8.78 Å². The highest BCUT2D eigenvalue weighted by Gasteiger charge is 2.39. The number of ether oxygens (including phenoxy) is 4. The second-order valence-corrected chi connectivity index (χ2v) is 23.3. The molecule has 4 saturated carbocycles. The Balaban J connectivity index is 0.000000199. The molecule has 0 radical (unpaired) electrons. The Morgan fingerprint density at radius 2 is 0.940 bits per heavy atom. The molecule has 0 amide bonds. The molecule has 10 nitrogen and oxygen atoms in total. The van der Waals surface area contributed by atoms with Gasteiger partial charge in [-0.05, 0) is 207 Å². The van der Waals surface area contributed by atoms with Crippen LogP contribution in [-0.2, 0) is 22.7 Å². The van der Waals surface area contributed by atoms with E-state index in [0.29, 0.717) is 54.5 Å². The van der Waals surface area contributed by atoms with E-state index in [2.05, 4.69) is 12.1 Å². The van der Waals surface area contributed by atoms with Gasteiger partial charge in [0, 0.05) is 21.3 Å². The summed E-state index contributed by atoms with van der Waals surface area (Å²) in [6.45, 7) is 1.28. The molecule has 0 aliphatic heterocycles. The van der Waals surface area contributed by atoms with Gasteiger partial charge >= 0.3 is 15.2 Å². The molecule has 0 aromatic heterocycles. The Bertz CT molecular complexity index is 2300. The third-order valence-electron chi connectivity index (χ3n) is 14.6. The largest absolute Gasteiger partial charge is 0.497 e. The van der Waals surface area contributed by atoms with E-state index in [-0.39, 0.29) is 41.5 Å². The first-order chi connectivity index (χ1) is 32.3. The maximum atomic E-state index is 14.4. The molecule has 366 valence electrons. The summed E-state index contributed by atoms with van der Waals surface area (Å²) in [6, 6.07) is 26.1. The SMILES string of the molecule is COc1ccc(F)c(C2CCC(COc3cccc(C(CP(=O)(O)OC)C4CC4)c3)CC2)c1.COc1ccc(F)c(C2CCC(COc3cccc(C(CP(=O)(OC)OC)C4CC4)c3)CC2)c1. The molecule has 4 aliphatic carbocycles. The quantitative estimate of drug-likeness (QED) is 0.0809. The zero-order chi connectivity index (χ0) is 47.6. The smallest absolute Gasteiger partial charge is 0.330 e. The molecule has 14 heteroatoms. The predicted octanol–water partition coefficient (Wildman–Crippen LogP) is 13.7. The minimum Gasteiger partial charge on any atom is -0.497 e. The fourth-order valence-electron chi connectivity index (χ4n) is 10.1. The van der Waals surface area contributed by atoms with Gasteiger partial charge in [-0.3, -0.25) is 9.13 Å². The van der Waals surface area contributed by atoms with Gasteiger partial charge in [0.05, 0.1) is 39.8 Å². The summed E-state index contributed by atoms with van der Waals surface area (Å²) in [5.41, 5.74) is 3.69. The maximum absolute atomic E-state index is 14.4. The van der Waals surface area contributed by atoms with E-state index >= 15 is 0 Å². The Labute approximate surface area is 396 Å². The highest BCUT2D eigenvalue weighted by atomic mass is 31.2. The van der Waals surface area contributed by atoms with Gasteiger partial charge in [0.25, 0.3) is 0 Å². The van der Waals surface area contributed by atoms with Gasteiger partial charge in [-0.1, -0.05) is 24.3 Å². The average Bonchev–Trinajstić information content (AvgIpc) is 4.31. The van der Waals surface area contributed by atoms with Crippen molar-refractivity contribution in [3.63, 3.8) is 0 Å². The fraction of sp³-hybridized carbons (Fsp3) is 0.547. The molecule has 0 saturated heterocycles. The van der Waals surface area contributed by atoms with Gasteiger partial charge in [0.2, 0.25) is 0 Å². The molecular weight excluding hydrogens is 897 g/mol. The van der Waals surface area contributed by atoms with Crippen molar-refractivity contribution < 1.29 is 55.3 Å². The van der Waals surface area contributed by atoms with Crippen molar-refractivity contribution in [2.45, 2.75) is 101 Å². The molecule has 1 N–H and O–H groups in total. The summed E-state index contributed by atoms with van der Waals surface area (Å²) in [7, 11) is 0.747. The lowest BCUT2D eigenvalue weighted by molar-refractivity contribution is 0.199. The zero-order valence-corrected chi connectivity index (χ0v) is 41.6. The van der Waals surface area contributed by atoms with Crippen LogP contribution < -0.4 is 18.9 Å². The summed E-state index contributed by atoms with van der Waals surface area (Å²) in [4.78, 5) is 10.00. The van der Waals surface area contributed by atoms with Gasteiger partial charge in [-0.15, -0.1) is 0 Å². The van der Waals surface area contributed by atoms with E-state index in [4.69, 9.17) is 32.5 Å². The second-order valence-electron chi connectivity index (χ2n) is 19.0. The van der Waals surface area contributed by atoms with Crippen LogP contribution in [0.25, 0.3) is 0 Å². The van der Waals surface area contributed by atoms with E-state index in [1.807, 2.05) is 48.5 Å². The number of hydrogen-bond acceptors (Lipinski definition) is 9. The van der Waals surface area contributed by atoms with Crippen LogP contribution in [0.2, 0.25) is 0 Å². The van der Waals surface area contributed by atoms with Crippen LogP contribution >= 0.6 is 15.2 Å². The van der Waals surface area contributed by atoms with Crippen molar-refractivity contribution in [2.24, 2.45) is 23.7 Å². The van der Waals surface area contributed by atoms with Crippen molar-refractivity contribution in [1.29, 1.82) is 0 Å². The first kappa shape index (κ1) is 51.1. The van der Waals surface area contributed by atoms with Crippen LogP contribution in [0, 0.1) is 35.3 Å². The van der Waals surface area contributed by atoms with Crippen LogP contribution in [0.5, 0.6) is 23.0 Å². The van der Waals surface area contributed by atoms with Crippen molar-refractivity contribution in [2.75, 3.05) is 61.1 Å². The normalized spacial score (nSPS) is 22.6. The van der Waals surface area contributed by atoms with Gasteiger partial charge in [-0.2, -0.15) is 0 Å². The first-order valence-electron chi connectivity index (χ1n) is 24.0. The summed E-state index contributed by atoms with van der Waals surface area (Å²) >= 11 is 0. The van der Waals surface area contributed by atoms with E-state index in [9.17, 15) is 22.8 Å². The van der Waals surface area contributed by atoms with Gasteiger partial charge < -0.3 is 37.4 Å². The zero-order valence-electron chi connectivity index (χ0n) is 39.8. The van der Waals surface area contributed by atoms with Crippen LogP contribution in [0.15, 0.2) is 84.9 Å². The third kappa shape index (κ3) is 14.4. The van der Waals surface area contributed by atoms with E-state index in [0.717, 1.165) is 111 Å². The van der Waals surface area contributed by atoms with E-state index < -0.39 is 15.2 Å². The van der Waals surface area contributed by atoms with E-state index in [1.165, 1.54) is 33.5 Å². The number of methoxy groups -OCH3 is 2. The van der Waals surface area contributed by atoms with Crippen molar-refractivity contribution in [3.8, 4) is 23.0 Å². The van der Waals surface area contributed by atoms with Crippen LogP contribution in [0.3, 0.4) is 0 Å². The molecule has 4 fully saturated rings. The lowest BCUT2D eigenvalue weighted by Gasteiger charge is -2.29. The molecule has 0 bridgehead atoms. The minimum absolute atomic E-state index is 0.0116. The standard InChI is InChI=1S/C27H36FO5P.C26H34FO5P/c1-30-23-13-14-27(28)25(16-23)20-9-7-19(8-10-20)17-33-24-6-4-5-22(15-24)26(21-11-12-21)18-34(29,31-2)32-3;1-30-22-12-13-26(27)24(15-22)19-8-6-18(7-9-19)16-32-23-5-3-4-21(14-23)25(20-10-11-20)17-33(28,29)31-2/h4-6,13-16,19-21,26H,7-12,17-18H2,1-3H3;3-5,12-15,18-20,25H,6-11,16-17H2,1-2H3,(H,28,29). The first-order valence-corrected chi connectivity index (χ1v) is 27.5. The maximum Gasteiger partial charge on any atom is 0.330 e. The van der Waals surface area contributed by atoms with Gasteiger partial charge in [0.1, 0.15) is 34.6 Å². The number of halogens is 2. The molecule has 3 atom stereocenters. The number of hydrogen-bond donors (Lipinski definition) is 1. The Kier molecular flexibility index (Phi) is 18.1. The fourth-order valence-corrected chi connectivity index (χ4v) is 12.7. The summed E-state index contributed by atoms with van der Waals surface area (Å²) in [5, 5.41) is 0. The number of rotatable bonds is 21. The lowest BCUT2D eigenvalue weighted by Crippen LogP contribution is -2.20. The second kappa shape index (κ2) is 23.7. The monoisotopic (exact) mass is 966 g/mol. The van der Waals surface area contributed by atoms with Crippen molar-refractivity contribution >= 4 is 15.2 Å². The summed E-state index contributed by atoms with van der Waals surface area (Å²) < 4.78 is 91.7. The molecule has 0 heterocycles. The van der Waals surface area contributed by atoms with Crippen LogP contribution in [0.1, 0.15) is 123 Å². The average molecular weight is 967 g/mol. The number of benzene rings is 4. The Morgan fingerprint density at radius 1 is 0.522 bits per heavy atom.